The van der Waals surface area contributed by atoms with Crippen LogP contribution in [0.5, 0.6) is 5.75 Å². The molecule has 0 amide bonds. The van der Waals surface area contributed by atoms with Crippen molar-refractivity contribution in [3.05, 3.63) is 28.8 Å². The molecule has 3 heteroatoms. The van der Waals surface area contributed by atoms with E-state index in [4.69, 9.17) is 21.6 Å². The quantitative estimate of drug-likeness (QED) is 0.734. The Bertz CT molecular complexity index is 466. The van der Waals surface area contributed by atoms with Crippen molar-refractivity contribution in [3.63, 3.8) is 0 Å². The van der Waals surface area contributed by atoms with Crippen LogP contribution in [-0.2, 0) is 0 Å². The van der Waals surface area contributed by atoms with Crippen LogP contribution in [0, 0.1) is 17.2 Å². The number of hydrogen-bond donors (Lipinski definition) is 0. The molecule has 19 heavy (non-hydrogen) atoms. The van der Waals surface area contributed by atoms with Crippen molar-refractivity contribution in [2.45, 2.75) is 44.4 Å². The minimum absolute atomic E-state index is 0.463. The maximum atomic E-state index is 9.02. The normalized spacial score (nSPS) is 23.4. The fourth-order valence-electron chi connectivity index (χ4n) is 3.10. The Morgan fingerprint density at radius 3 is 2.79 bits per heavy atom. The third-order valence-electron chi connectivity index (χ3n) is 4.12. The van der Waals surface area contributed by atoms with Crippen LogP contribution < -0.4 is 4.74 Å². The monoisotopic (exact) mass is 277 g/mol. The van der Waals surface area contributed by atoms with Crippen LogP contribution in [0.3, 0.4) is 0 Å². The molecule has 0 radical (unpaired) electrons. The standard InChI is InChI=1S/C16H20ClNO/c1-19-16-8-7-13(11-15(16)17)14-6-4-2-3-5-12(14)9-10-18/h7-8,11-12,14H,2-6,9H2,1H3. The fourth-order valence-corrected chi connectivity index (χ4v) is 3.36. The zero-order valence-electron chi connectivity index (χ0n) is 11.4. The van der Waals surface area contributed by atoms with E-state index in [1.807, 2.05) is 12.1 Å². The summed E-state index contributed by atoms with van der Waals surface area (Å²) in [5.74, 6) is 1.65. The van der Waals surface area contributed by atoms with Gasteiger partial charge in [0.15, 0.2) is 0 Å². The van der Waals surface area contributed by atoms with Crippen molar-refractivity contribution in [1.82, 2.24) is 0 Å². The average Bonchev–Trinajstić information content (AvgIpc) is 2.64. The SMILES string of the molecule is COc1ccc(C2CCCCCC2CC#N)cc1Cl. The van der Waals surface area contributed by atoms with E-state index in [1.54, 1.807) is 7.11 Å². The van der Waals surface area contributed by atoms with Gasteiger partial charge < -0.3 is 4.74 Å². The molecule has 1 aliphatic rings. The number of nitriles is 1. The minimum atomic E-state index is 0.463. The molecule has 1 aromatic rings. The van der Waals surface area contributed by atoms with Gasteiger partial charge in [0.2, 0.25) is 0 Å². The van der Waals surface area contributed by atoms with Crippen molar-refractivity contribution in [3.8, 4) is 11.8 Å². The minimum Gasteiger partial charge on any atom is -0.495 e. The van der Waals surface area contributed by atoms with Crippen LogP contribution in [-0.4, -0.2) is 7.11 Å². The molecule has 0 aliphatic heterocycles. The van der Waals surface area contributed by atoms with Crippen LogP contribution in [0.15, 0.2) is 18.2 Å². The van der Waals surface area contributed by atoms with Crippen LogP contribution in [0.25, 0.3) is 0 Å². The second-order valence-electron chi connectivity index (χ2n) is 5.26. The van der Waals surface area contributed by atoms with Gasteiger partial charge in [0.25, 0.3) is 0 Å². The number of benzene rings is 1. The highest BCUT2D eigenvalue weighted by Gasteiger charge is 2.25. The summed E-state index contributed by atoms with van der Waals surface area (Å²) in [6.07, 6.45) is 6.73. The van der Waals surface area contributed by atoms with E-state index in [0.29, 0.717) is 23.3 Å². The molecule has 2 unspecified atom stereocenters. The lowest BCUT2D eigenvalue weighted by Crippen LogP contribution is -2.11. The van der Waals surface area contributed by atoms with Crippen molar-refractivity contribution in [1.29, 1.82) is 5.26 Å². The second-order valence-corrected chi connectivity index (χ2v) is 5.67. The molecule has 1 aromatic carbocycles. The number of halogens is 1. The zero-order valence-corrected chi connectivity index (χ0v) is 12.1. The lowest BCUT2D eigenvalue weighted by Gasteiger charge is -2.24. The van der Waals surface area contributed by atoms with E-state index < -0.39 is 0 Å². The largest absolute Gasteiger partial charge is 0.495 e. The summed E-state index contributed by atoms with van der Waals surface area (Å²) in [5.41, 5.74) is 1.26. The summed E-state index contributed by atoms with van der Waals surface area (Å²) < 4.78 is 5.20. The molecule has 0 N–H and O–H groups in total. The van der Waals surface area contributed by atoms with E-state index in [9.17, 15) is 0 Å². The summed E-state index contributed by atoms with van der Waals surface area (Å²) in [7, 11) is 1.63. The average molecular weight is 278 g/mol. The summed E-state index contributed by atoms with van der Waals surface area (Å²) in [6.45, 7) is 0. The highest BCUT2D eigenvalue weighted by molar-refractivity contribution is 6.32. The number of hydrogen-bond acceptors (Lipinski definition) is 2. The van der Waals surface area contributed by atoms with Gasteiger partial charge in [-0.3, -0.25) is 0 Å². The predicted octanol–water partition coefficient (Wildman–Crippen LogP) is 4.93. The van der Waals surface area contributed by atoms with Crippen molar-refractivity contribution in [2.75, 3.05) is 7.11 Å². The summed E-state index contributed by atoms with van der Waals surface area (Å²) in [6, 6.07) is 8.40. The molecule has 1 saturated carbocycles. The van der Waals surface area contributed by atoms with Gasteiger partial charge in [-0.1, -0.05) is 36.9 Å². The molecule has 1 aliphatic carbocycles. The molecule has 0 aromatic heterocycles. The van der Waals surface area contributed by atoms with Crippen LogP contribution in [0.2, 0.25) is 5.02 Å². The Hall–Kier alpha value is -1.20. The number of nitrogens with zero attached hydrogens (tertiary/aromatic N) is 1. The summed E-state index contributed by atoms with van der Waals surface area (Å²) in [4.78, 5) is 0. The lowest BCUT2D eigenvalue weighted by atomic mass is 9.81. The highest BCUT2D eigenvalue weighted by atomic mass is 35.5. The first-order valence-electron chi connectivity index (χ1n) is 6.96. The van der Waals surface area contributed by atoms with E-state index in [-0.39, 0.29) is 0 Å². The third kappa shape index (κ3) is 3.42. The van der Waals surface area contributed by atoms with Gasteiger partial charge in [0, 0.05) is 6.42 Å². The van der Waals surface area contributed by atoms with Crippen molar-refractivity contribution < 1.29 is 4.74 Å². The maximum absolute atomic E-state index is 9.02. The Morgan fingerprint density at radius 2 is 2.11 bits per heavy atom. The summed E-state index contributed by atoms with van der Waals surface area (Å²) in [5, 5.41) is 9.68. The van der Waals surface area contributed by atoms with Gasteiger partial charge in [-0.05, 0) is 42.4 Å². The van der Waals surface area contributed by atoms with E-state index in [1.165, 1.54) is 24.8 Å². The zero-order chi connectivity index (χ0) is 13.7. The first-order valence-corrected chi connectivity index (χ1v) is 7.34. The third-order valence-corrected chi connectivity index (χ3v) is 4.41. The summed E-state index contributed by atoms with van der Waals surface area (Å²) >= 11 is 6.22. The topological polar surface area (TPSA) is 33.0 Å². The number of methoxy groups -OCH3 is 1. The molecular weight excluding hydrogens is 258 g/mol. The first-order chi connectivity index (χ1) is 9.26. The van der Waals surface area contributed by atoms with Crippen molar-refractivity contribution >= 4 is 11.6 Å². The molecule has 102 valence electrons. The van der Waals surface area contributed by atoms with Crippen molar-refractivity contribution in [2.24, 2.45) is 5.92 Å². The highest BCUT2D eigenvalue weighted by Crippen LogP contribution is 2.40. The molecule has 2 nitrogen and oxygen atoms in total. The first kappa shape index (κ1) is 14.2. The maximum Gasteiger partial charge on any atom is 0.137 e. The van der Waals surface area contributed by atoms with Gasteiger partial charge >= 0.3 is 0 Å². The van der Waals surface area contributed by atoms with Gasteiger partial charge in [0.1, 0.15) is 5.75 Å². The molecule has 2 atom stereocenters. The van der Waals surface area contributed by atoms with E-state index in [0.717, 1.165) is 18.6 Å². The predicted molar refractivity (Wildman–Crippen MR) is 77.6 cm³/mol. The van der Waals surface area contributed by atoms with E-state index in [2.05, 4.69) is 12.1 Å². The van der Waals surface area contributed by atoms with Gasteiger partial charge in [0.05, 0.1) is 18.2 Å². The Kier molecular flexibility index (Phi) is 5.10. The fraction of sp³-hybridized carbons (Fsp3) is 0.562. The van der Waals surface area contributed by atoms with Gasteiger partial charge in [-0.25, -0.2) is 0 Å². The van der Waals surface area contributed by atoms with Crippen LogP contribution in [0.4, 0.5) is 0 Å². The molecule has 0 spiro atoms. The number of ether oxygens (including phenoxy) is 1. The Balaban J connectivity index is 2.25. The second kappa shape index (κ2) is 6.82. The number of rotatable bonds is 3. The Labute approximate surface area is 120 Å². The lowest BCUT2D eigenvalue weighted by molar-refractivity contribution is 0.402. The van der Waals surface area contributed by atoms with E-state index >= 15 is 0 Å². The van der Waals surface area contributed by atoms with Crippen LogP contribution in [0.1, 0.15) is 50.0 Å². The molecule has 0 saturated heterocycles. The van der Waals surface area contributed by atoms with Crippen LogP contribution >= 0.6 is 11.6 Å². The Morgan fingerprint density at radius 1 is 1.32 bits per heavy atom. The molecule has 1 fully saturated rings. The molecule has 2 rings (SSSR count). The van der Waals surface area contributed by atoms with Gasteiger partial charge in [-0.15, -0.1) is 0 Å². The molecule has 0 bridgehead atoms. The molecular formula is C16H20ClNO. The smallest absolute Gasteiger partial charge is 0.137 e. The van der Waals surface area contributed by atoms with Gasteiger partial charge in [-0.2, -0.15) is 5.26 Å². The molecule has 0 heterocycles.